The summed E-state index contributed by atoms with van der Waals surface area (Å²) < 4.78 is 1.73. The maximum atomic E-state index is 13.8. The number of aromatic nitrogens is 4. The number of amides is 2. The first-order valence-corrected chi connectivity index (χ1v) is 12.5. The van der Waals surface area contributed by atoms with E-state index < -0.39 is 0 Å². The van der Waals surface area contributed by atoms with Crippen molar-refractivity contribution in [1.29, 1.82) is 0 Å². The number of pyridine rings is 1. The average Bonchev–Trinajstić information content (AvgIpc) is 3.48. The molecule has 0 radical (unpaired) electrons. The largest absolute Gasteiger partial charge is 0.361 e. The quantitative estimate of drug-likeness (QED) is 0.412. The van der Waals surface area contributed by atoms with Crippen LogP contribution in [0.5, 0.6) is 0 Å². The first-order chi connectivity index (χ1) is 18.0. The Morgan fingerprint density at radius 1 is 0.946 bits per heavy atom. The van der Waals surface area contributed by atoms with Gasteiger partial charge in [-0.3, -0.25) is 14.3 Å². The van der Waals surface area contributed by atoms with E-state index in [1.54, 1.807) is 4.68 Å². The minimum atomic E-state index is -0.0515. The maximum Gasteiger partial charge on any atom is 0.254 e. The molecule has 37 heavy (non-hydrogen) atoms. The van der Waals surface area contributed by atoms with Gasteiger partial charge in [0.15, 0.2) is 5.65 Å². The molecule has 0 unspecified atom stereocenters. The predicted octanol–water partition coefficient (Wildman–Crippen LogP) is 3.95. The van der Waals surface area contributed by atoms with Crippen LogP contribution in [-0.2, 0) is 18.3 Å². The second-order valence-electron chi connectivity index (χ2n) is 9.54. The lowest BCUT2D eigenvalue weighted by Crippen LogP contribution is -2.51. The molecule has 4 heterocycles. The number of H-pyrrole nitrogens is 1. The monoisotopic (exact) mass is 492 g/mol. The molecule has 3 aromatic heterocycles. The van der Waals surface area contributed by atoms with Gasteiger partial charge in [-0.05, 0) is 24.6 Å². The number of rotatable bonds is 4. The van der Waals surface area contributed by atoms with Crippen molar-refractivity contribution in [3.05, 3.63) is 83.7 Å². The number of para-hydroxylation sites is 1. The SMILES string of the molecule is Cc1nn(C)c2nc(-c3ccccc3)cc(C(=O)N3CCN(C(=O)Cc4c[nH]c5ccccc45)CC3)c12. The van der Waals surface area contributed by atoms with Crippen molar-refractivity contribution in [2.45, 2.75) is 13.3 Å². The molecule has 0 atom stereocenters. The molecule has 8 nitrogen and oxygen atoms in total. The lowest BCUT2D eigenvalue weighted by molar-refractivity contribution is -0.131. The number of hydrogen-bond donors (Lipinski definition) is 1. The second-order valence-corrected chi connectivity index (χ2v) is 9.54. The molecule has 1 fully saturated rings. The standard InChI is InChI=1S/C29H28N6O2/c1-19-27-23(17-25(20-8-4-3-5-9-20)31-28(27)33(2)32-19)29(37)35-14-12-34(13-15-35)26(36)16-21-18-30-24-11-7-6-10-22(21)24/h3-11,17-18,30H,12-16H2,1-2H3. The Labute approximate surface area is 214 Å². The summed E-state index contributed by atoms with van der Waals surface area (Å²) in [5.74, 6) is 0.0297. The van der Waals surface area contributed by atoms with E-state index >= 15 is 0 Å². The fourth-order valence-corrected chi connectivity index (χ4v) is 5.25. The molecule has 2 aromatic carbocycles. The van der Waals surface area contributed by atoms with E-state index in [-0.39, 0.29) is 11.8 Å². The van der Waals surface area contributed by atoms with E-state index in [1.807, 2.05) is 90.6 Å². The van der Waals surface area contributed by atoms with Gasteiger partial charge in [-0.1, -0.05) is 48.5 Å². The molecule has 2 amide bonds. The van der Waals surface area contributed by atoms with Gasteiger partial charge in [0.25, 0.3) is 5.91 Å². The predicted molar refractivity (Wildman–Crippen MR) is 143 cm³/mol. The summed E-state index contributed by atoms with van der Waals surface area (Å²) in [6, 6.07) is 19.7. The third-order valence-electron chi connectivity index (χ3n) is 7.20. The molecule has 1 saturated heterocycles. The van der Waals surface area contributed by atoms with Crippen LogP contribution in [0, 0.1) is 6.92 Å². The third-order valence-corrected chi connectivity index (χ3v) is 7.20. The highest BCUT2D eigenvalue weighted by atomic mass is 16.2. The van der Waals surface area contributed by atoms with Gasteiger partial charge in [0.2, 0.25) is 5.91 Å². The number of piperazine rings is 1. The highest BCUT2D eigenvalue weighted by Crippen LogP contribution is 2.28. The van der Waals surface area contributed by atoms with Crippen LogP contribution in [0.1, 0.15) is 21.6 Å². The van der Waals surface area contributed by atoms with Gasteiger partial charge in [0.05, 0.1) is 28.8 Å². The number of hydrogen-bond acceptors (Lipinski definition) is 4. The first kappa shape index (κ1) is 23.0. The fraction of sp³-hybridized carbons (Fsp3) is 0.241. The molecule has 0 aliphatic carbocycles. The maximum absolute atomic E-state index is 13.8. The molecule has 0 saturated carbocycles. The Balaban J connectivity index is 1.22. The topological polar surface area (TPSA) is 87.1 Å². The lowest BCUT2D eigenvalue weighted by atomic mass is 10.0. The Morgan fingerprint density at radius 2 is 1.65 bits per heavy atom. The molecule has 1 N–H and O–H groups in total. The van der Waals surface area contributed by atoms with Crippen LogP contribution in [-0.4, -0.2) is 67.5 Å². The van der Waals surface area contributed by atoms with Crippen LogP contribution in [0.3, 0.4) is 0 Å². The van der Waals surface area contributed by atoms with E-state index in [4.69, 9.17) is 4.98 Å². The minimum absolute atomic E-state index is 0.0515. The van der Waals surface area contributed by atoms with Crippen LogP contribution < -0.4 is 0 Å². The normalized spacial score (nSPS) is 14.0. The van der Waals surface area contributed by atoms with Gasteiger partial charge in [-0.25, -0.2) is 4.98 Å². The Hall–Kier alpha value is -4.46. The number of aryl methyl sites for hydroxylation is 2. The highest BCUT2D eigenvalue weighted by molar-refractivity contribution is 6.07. The van der Waals surface area contributed by atoms with E-state index in [2.05, 4.69) is 10.1 Å². The molecule has 1 aliphatic heterocycles. The van der Waals surface area contributed by atoms with Crippen LogP contribution in [0.2, 0.25) is 0 Å². The Kier molecular flexibility index (Phi) is 5.71. The van der Waals surface area contributed by atoms with E-state index in [9.17, 15) is 9.59 Å². The summed E-state index contributed by atoms with van der Waals surface area (Å²) in [5.41, 5.74) is 5.80. The summed E-state index contributed by atoms with van der Waals surface area (Å²) in [5, 5.41) is 6.39. The minimum Gasteiger partial charge on any atom is -0.361 e. The Morgan fingerprint density at radius 3 is 2.43 bits per heavy atom. The van der Waals surface area contributed by atoms with Crippen LogP contribution in [0.15, 0.2) is 66.9 Å². The molecule has 1 aliphatic rings. The van der Waals surface area contributed by atoms with Crippen molar-refractivity contribution < 1.29 is 9.59 Å². The molecule has 186 valence electrons. The smallest absolute Gasteiger partial charge is 0.254 e. The van der Waals surface area contributed by atoms with Crippen molar-refractivity contribution >= 4 is 33.8 Å². The molecule has 8 heteroatoms. The fourth-order valence-electron chi connectivity index (χ4n) is 5.25. The zero-order chi connectivity index (χ0) is 25.5. The van der Waals surface area contributed by atoms with E-state index in [0.717, 1.165) is 38.8 Å². The van der Waals surface area contributed by atoms with E-state index in [0.29, 0.717) is 43.8 Å². The van der Waals surface area contributed by atoms with Crippen molar-refractivity contribution in [3.63, 3.8) is 0 Å². The second kappa shape index (κ2) is 9.20. The first-order valence-electron chi connectivity index (χ1n) is 12.5. The van der Waals surface area contributed by atoms with Gasteiger partial charge in [0.1, 0.15) is 0 Å². The average molecular weight is 493 g/mol. The number of nitrogens with one attached hydrogen (secondary N) is 1. The highest BCUT2D eigenvalue weighted by Gasteiger charge is 2.28. The summed E-state index contributed by atoms with van der Waals surface area (Å²) in [6.45, 7) is 3.91. The number of carbonyl (C=O) groups excluding carboxylic acids is 2. The van der Waals surface area contributed by atoms with Crippen molar-refractivity contribution in [3.8, 4) is 11.3 Å². The zero-order valence-corrected chi connectivity index (χ0v) is 20.9. The van der Waals surface area contributed by atoms with Crippen molar-refractivity contribution in [2.24, 2.45) is 7.05 Å². The molecule has 0 bridgehead atoms. The molecular weight excluding hydrogens is 464 g/mol. The van der Waals surface area contributed by atoms with E-state index in [1.165, 1.54) is 0 Å². The van der Waals surface area contributed by atoms with Crippen LogP contribution >= 0.6 is 0 Å². The van der Waals surface area contributed by atoms with Gasteiger partial charge in [0, 0.05) is 55.9 Å². The van der Waals surface area contributed by atoms with Crippen LogP contribution in [0.4, 0.5) is 0 Å². The number of carbonyl (C=O) groups is 2. The summed E-state index contributed by atoms with van der Waals surface area (Å²) >= 11 is 0. The zero-order valence-electron chi connectivity index (χ0n) is 20.9. The molecule has 5 aromatic rings. The number of aromatic amines is 1. The van der Waals surface area contributed by atoms with Crippen molar-refractivity contribution in [1.82, 2.24) is 29.5 Å². The van der Waals surface area contributed by atoms with Crippen molar-refractivity contribution in [2.75, 3.05) is 26.2 Å². The number of benzene rings is 2. The third kappa shape index (κ3) is 4.14. The molecule has 0 spiro atoms. The van der Waals surface area contributed by atoms with Gasteiger partial charge in [-0.15, -0.1) is 0 Å². The number of fused-ring (bicyclic) bond motifs is 2. The van der Waals surface area contributed by atoms with Gasteiger partial charge in [-0.2, -0.15) is 5.10 Å². The van der Waals surface area contributed by atoms with Crippen LogP contribution in [0.25, 0.3) is 33.2 Å². The molecule has 6 rings (SSSR count). The summed E-state index contributed by atoms with van der Waals surface area (Å²) in [4.78, 5) is 38.6. The lowest BCUT2D eigenvalue weighted by Gasteiger charge is -2.35. The Bertz CT molecular complexity index is 1630. The summed E-state index contributed by atoms with van der Waals surface area (Å²) in [7, 11) is 1.85. The number of nitrogens with zero attached hydrogens (tertiary/aromatic N) is 5. The van der Waals surface area contributed by atoms with Gasteiger partial charge >= 0.3 is 0 Å². The summed E-state index contributed by atoms with van der Waals surface area (Å²) in [6.07, 6.45) is 2.26. The molecular formula is C29H28N6O2. The van der Waals surface area contributed by atoms with Gasteiger partial charge < -0.3 is 14.8 Å².